The van der Waals surface area contributed by atoms with Crippen LogP contribution in [0, 0.1) is 0 Å². The van der Waals surface area contributed by atoms with E-state index < -0.39 is 0 Å². The van der Waals surface area contributed by atoms with Gasteiger partial charge in [0.15, 0.2) is 0 Å². The van der Waals surface area contributed by atoms with Crippen molar-refractivity contribution in [3.63, 3.8) is 0 Å². The molecule has 0 radical (unpaired) electrons. The van der Waals surface area contributed by atoms with Crippen molar-refractivity contribution in [3.8, 4) is 5.75 Å². The lowest BCUT2D eigenvalue weighted by atomic mass is 10.2. The number of nitrogens with zero attached hydrogens (tertiary/aromatic N) is 1. The van der Waals surface area contributed by atoms with E-state index in [1.54, 1.807) is 18.3 Å². The lowest BCUT2D eigenvalue weighted by molar-refractivity contribution is 0.0937. The van der Waals surface area contributed by atoms with Crippen molar-refractivity contribution < 1.29 is 9.90 Å². The molecule has 94 valence electrons. The predicted octanol–water partition coefficient (Wildman–Crippen LogP) is 3.10. The molecule has 2 N–H and O–H groups in total. The molecule has 0 saturated carbocycles. The van der Waals surface area contributed by atoms with Gasteiger partial charge in [-0.25, -0.2) is 4.98 Å². The number of nitrogens with one attached hydrogen (secondary N) is 1. The maximum Gasteiger partial charge on any atom is 0.255 e. The molecule has 1 aromatic carbocycles. The van der Waals surface area contributed by atoms with Crippen molar-refractivity contribution in [2.24, 2.45) is 0 Å². The van der Waals surface area contributed by atoms with E-state index >= 15 is 0 Å². The Labute approximate surface area is 117 Å². The normalized spacial score (nSPS) is 12.1. The first-order chi connectivity index (χ1) is 8.58. The number of thiazole rings is 1. The number of phenolic OH excluding ortho intramolecular Hbond substituents is 1. The van der Waals surface area contributed by atoms with Crippen LogP contribution in [-0.4, -0.2) is 16.0 Å². The third-order valence-electron chi connectivity index (χ3n) is 2.37. The highest BCUT2D eigenvalue weighted by molar-refractivity contribution is 9.10. The molecule has 1 heterocycles. The molecule has 0 spiro atoms. The quantitative estimate of drug-likeness (QED) is 0.911. The Kier molecular flexibility index (Phi) is 3.98. The van der Waals surface area contributed by atoms with Gasteiger partial charge < -0.3 is 10.4 Å². The van der Waals surface area contributed by atoms with Gasteiger partial charge in [-0.3, -0.25) is 4.79 Å². The first kappa shape index (κ1) is 13.0. The third-order valence-corrected chi connectivity index (χ3v) is 3.82. The highest BCUT2D eigenvalue weighted by Gasteiger charge is 2.16. The summed E-state index contributed by atoms with van der Waals surface area (Å²) in [5.41, 5.74) is 0.243. The second-order valence-electron chi connectivity index (χ2n) is 3.73. The van der Waals surface area contributed by atoms with E-state index in [4.69, 9.17) is 0 Å². The number of aromatic hydroxyl groups is 1. The van der Waals surface area contributed by atoms with E-state index in [1.807, 2.05) is 12.3 Å². The molecule has 1 amide bonds. The van der Waals surface area contributed by atoms with Gasteiger partial charge in [0.25, 0.3) is 5.91 Å². The van der Waals surface area contributed by atoms with Gasteiger partial charge in [-0.15, -0.1) is 11.3 Å². The highest BCUT2D eigenvalue weighted by atomic mass is 79.9. The Morgan fingerprint density at radius 1 is 1.56 bits per heavy atom. The van der Waals surface area contributed by atoms with Crippen molar-refractivity contribution in [1.29, 1.82) is 0 Å². The molecule has 0 aliphatic heterocycles. The number of halogens is 1. The molecule has 6 heteroatoms. The fraction of sp³-hybridized carbons (Fsp3) is 0.167. The van der Waals surface area contributed by atoms with Crippen molar-refractivity contribution in [2.45, 2.75) is 13.0 Å². The zero-order valence-electron chi connectivity index (χ0n) is 9.55. The summed E-state index contributed by atoms with van der Waals surface area (Å²) >= 11 is 4.75. The van der Waals surface area contributed by atoms with Crippen LogP contribution >= 0.6 is 27.3 Å². The fourth-order valence-corrected chi connectivity index (χ4v) is 2.48. The fourth-order valence-electron chi connectivity index (χ4n) is 1.47. The molecule has 1 aromatic heterocycles. The molecule has 0 aliphatic rings. The third kappa shape index (κ3) is 2.88. The lowest BCUT2D eigenvalue weighted by Gasteiger charge is -2.12. The number of carbonyl (C=O) groups excluding carboxylic acids is 1. The van der Waals surface area contributed by atoms with Gasteiger partial charge in [0.2, 0.25) is 0 Å². The first-order valence-electron chi connectivity index (χ1n) is 5.26. The zero-order chi connectivity index (χ0) is 13.1. The van der Waals surface area contributed by atoms with Crippen molar-refractivity contribution in [3.05, 3.63) is 44.8 Å². The second kappa shape index (κ2) is 5.49. The number of hydrogen-bond acceptors (Lipinski definition) is 4. The minimum Gasteiger partial charge on any atom is -0.507 e. The Morgan fingerprint density at radius 3 is 3.00 bits per heavy atom. The summed E-state index contributed by atoms with van der Waals surface area (Å²) in [5.74, 6) is -0.362. The van der Waals surface area contributed by atoms with Crippen molar-refractivity contribution in [1.82, 2.24) is 10.3 Å². The first-order valence-corrected chi connectivity index (χ1v) is 6.94. The van der Waals surface area contributed by atoms with Crippen LogP contribution in [0.15, 0.2) is 34.2 Å². The van der Waals surface area contributed by atoms with Crippen LogP contribution in [0.3, 0.4) is 0 Å². The molecular formula is C12H11BrN2O2S. The standard InChI is InChI=1S/C12H11BrN2O2S/c1-7(12-14-4-5-18-12)15-11(17)9-6-8(13)2-3-10(9)16/h2-7,16H,1H3,(H,15,17). The van der Waals surface area contributed by atoms with E-state index in [-0.39, 0.29) is 23.3 Å². The summed E-state index contributed by atoms with van der Waals surface area (Å²) in [6, 6.07) is 4.55. The lowest BCUT2D eigenvalue weighted by Crippen LogP contribution is -2.26. The van der Waals surface area contributed by atoms with E-state index in [1.165, 1.54) is 17.4 Å². The number of rotatable bonds is 3. The van der Waals surface area contributed by atoms with Crippen LogP contribution < -0.4 is 5.32 Å². The number of amides is 1. The van der Waals surface area contributed by atoms with E-state index in [0.29, 0.717) is 0 Å². The summed E-state index contributed by atoms with van der Waals surface area (Å²) in [7, 11) is 0. The Bertz CT molecular complexity index is 557. The molecule has 0 fully saturated rings. The van der Waals surface area contributed by atoms with Gasteiger partial charge in [0.1, 0.15) is 10.8 Å². The number of phenols is 1. The number of benzene rings is 1. The van der Waals surface area contributed by atoms with Gasteiger partial charge in [-0.1, -0.05) is 15.9 Å². The Hall–Kier alpha value is -1.40. The Morgan fingerprint density at radius 2 is 2.33 bits per heavy atom. The molecule has 0 saturated heterocycles. The Balaban J connectivity index is 2.15. The molecule has 0 bridgehead atoms. The predicted molar refractivity (Wildman–Crippen MR) is 73.8 cm³/mol. The topological polar surface area (TPSA) is 62.2 Å². The zero-order valence-corrected chi connectivity index (χ0v) is 12.0. The van der Waals surface area contributed by atoms with Crippen LogP contribution in [-0.2, 0) is 0 Å². The van der Waals surface area contributed by atoms with Crippen molar-refractivity contribution >= 4 is 33.2 Å². The highest BCUT2D eigenvalue weighted by Crippen LogP contribution is 2.23. The van der Waals surface area contributed by atoms with Crippen LogP contribution in [0.5, 0.6) is 5.75 Å². The maximum atomic E-state index is 12.0. The number of hydrogen-bond donors (Lipinski definition) is 2. The van der Waals surface area contributed by atoms with Gasteiger partial charge in [-0.05, 0) is 25.1 Å². The van der Waals surface area contributed by atoms with Crippen LogP contribution in [0.25, 0.3) is 0 Å². The minimum absolute atomic E-state index is 0.0398. The number of aromatic nitrogens is 1. The summed E-state index contributed by atoms with van der Waals surface area (Å²) in [4.78, 5) is 16.1. The molecule has 4 nitrogen and oxygen atoms in total. The maximum absolute atomic E-state index is 12.0. The van der Waals surface area contributed by atoms with Gasteiger partial charge >= 0.3 is 0 Å². The van der Waals surface area contributed by atoms with Crippen LogP contribution in [0.4, 0.5) is 0 Å². The average molecular weight is 327 g/mol. The molecule has 2 rings (SSSR count). The van der Waals surface area contributed by atoms with Crippen LogP contribution in [0.2, 0.25) is 0 Å². The molecule has 1 unspecified atom stereocenters. The molecule has 0 aliphatic carbocycles. The minimum atomic E-state index is -0.323. The molecule has 18 heavy (non-hydrogen) atoms. The second-order valence-corrected chi connectivity index (χ2v) is 5.57. The summed E-state index contributed by atoms with van der Waals surface area (Å²) in [6.45, 7) is 1.85. The van der Waals surface area contributed by atoms with Gasteiger partial charge in [0.05, 0.1) is 11.6 Å². The van der Waals surface area contributed by atoms with E-state index in [0.717, 1.165) is 9.48 Å². The largest absolute Gasteiger partial charge is 0.507 e. The van der Waals surface area contributed by atoms with E-state index in [9.17, 15) is 9.90 Å². The summed E-state index contributed by atoms with van der Waals surface area (Å²) in [5, 5.41) is 15.1. The summed E-state index contributed by atoms with van der Waals surface area (Å²) in [6.07, 6.45) is 1.69. The molecular weight excluding hydrogens is 316 g/mol. The SMILES string of the molecule is CC(NC(=O)c1cc(Br)ccc1O)c1nccs1. The van der Waals surface area contributed by atoms with Gasteiger partial charge in [-0.2, -0.15) is 0 Å². The molecule has 1 atom stereocenters. The molecule has 2 aromatic rings. The van der Waals surface area contributed by atoms with Crippen molar-refractivity contribution in [2.75, 3.05) is 0 Å². The number of carbonyl (C=O) groups is 1. The monoisotopic (exact) mass is 326 g/mol. The van der Waals surface area contributed by atoms with Gasteiger partial charge in [0, 0.05) is 16.0 Å². The summed E-state index contributed by atoms with van der Waals surface area (Å²) < 4.78 is 0.743. The smallest absolute Gasteiger partial charge is 0.255 e. The van der Waals surface area contributed by atoms with Crippen LogP contribution in [0.1, 0.15) is 28.3 Å². The van der Waals surface area contributed by atoms with E-state index in [2.05, 4.69) is 26.2 Å². The average Bonchev–Trinajstić information content (AvgIpc) is 2.85.